The molecule has 0 radical (unpaired) electrons. The lowest BCUT2D eigenvalue weighted by Gasteiger charge is -2.13. The highest BCUT2D eigenvalue weighted by atomic mass is 16.5. The predicted molar refractivity (Wildman–Crippen MR) is 169 cm³/mol. The van der Waals surface area contributed by atoms with E-state index in [9.17, 15) is 0 Å². The van der Waals surface area contributed by atoms with Crippen LogP contribution in [0.1, 0.15) is 11.1 Å². The lowest BCUT2D eigenvalue weighted by Crippen LogP contribution is -2.21. The Labute approximate surface area is 239 Å². The molecule has 0 aliphatic rings. The second-order valence-corrected chi connectivity index (χ2v) is 10.6. The SMILES string of the molecule is CN(C)C(=N)c1ccc2cc(-c3ccc(Oc4ccc(-c5cc6ccc(C(=N)N(C)C)cc6[nH]5)cc4)cc3)[nH]c2c1. The molecule has 6 rings (SSSR count). The van der Waals surface area contributed by atoms with Gasteiger partial charge in [0.15, 0.2) is 0 Å². The first kappa shape index (κ1) is 26.0. The molecule has 204 valence electrons. The number of aromatic amines is 2. The van der Waals surface area contributed by atoms with E-state index in [0.717, 1.165) is 66.9 Å². The summed E-state index contributed by atoms with van der Waals surface area (Å²) in [6, 6.07) is 32.5. The lowest BCUT2D eigenvalue weighted by atomic mass is 10.1. The Balaban J connectivity index is 1.16. The average molecular weight is 541 g/mol. The van der Waals surface area contributed by atoms with Crippen LogP contribution >= 0.6 is 0 Å². The van der Waals surface area contributed by atoms with E-state index >= 15 is 0 Å². The Kier molecular flexibility index (Phi) is 6.55. The highest BCUT2D eigenvalue weighted by Gasteiger charge is 2.10. The van der Waals surface area contributed by atoms with Crippen LogP contribution in [0.15, 0.2) is 97.1 Å². The van der Waals surface area contributed by atoms with Crippen molar-refractivity contribution < 1.29 is 4.74 Å². The van der Waals surface area contributed by atoms with Gasteiger partial charge in [0.05, 0.1) is 0 Å². The summed E-state index contributed by atoms with van der Waals surface area (Å²) in [5.74, 6) is 2.49. The van der Waals surface area contributed by atoms with Crippen LogP contribution in [-0.2, 0) is 0 Å². The van der Waals surface area contributed by atoms with E-state index in [2.05, 4.69) is 22.1 Å². The van der Waals surface area contributed by atoms with Gasteiger partial charge in [-0.1, -0.05) is 24.3 Å². The van der Waals surface area contributed by atoms with Gasteiger partial charge in [-0.15, -0.1) is 0 Å². The molecule has 0 saturated carbocycles. The first-order chi connectivity index (χ1) is 19.7. The van der Waals surface area contributed by atoms with Gasteiger partial charge in [0.25, 0.3) is 0 Å². The fourth-order valence-electron chi connectivity index (χ4n) is 4.92. The molecule has 0 atom stereocenters. The molecule has 0 spiro atoms. The number of aromatic nitrogens is 2. The average Bonchev–Trinajstić information content (AvgIpc) is 3.60. The molecule has 0 bridgehead atoms. The molecule has 41 heavy (non-hydrogen) atoms. The van der Waals surface area contributed by atoms with Crippen LogP contribution in [-0.4, -0.2) is 59.6 Å². The maximum absolute atomic E-state index is 8.25. The van der Waals surface area contributed by atoms with Crippen molar-refractivity contribution in [2.45, 2.75) is 0 Å². The summed E-state index contributed by atoms with van der Waals surface area (Å²) in [6.07, 6.45) is 0. The summed E-state index contributed by atoms with van der Waals surface area (Å²) >= 11 is 0. The molecule has 2 heterocycles. The molecule has 0 fully saturated rings. The van der Waals surface area contributed by atoms with Crippen molar-refractivity contribution >= 4 is 33.5 Å². The molecule has 6 aromatic rings. The maximum atomic E-state index is 8.25. The van der Waals surface area contributed by atoms with Crippen LogP contribution in [0.5, 0.6) is 11.5 Å². The van der Waals surface area contributed by atoms with E-state index in [-0.39, 0.29) is 0 Å². The Morgan fingerprint density at radius 3 is 1.29 bits per heavy atom. The number of nitrogens with one attached hydrogen (secondary N) is 4. The van der Waals surface area contributed by atoms with E-state index in [1.165, 1.54) is 0 Å². The van der Waals surface area contributed by atoms with E-state index < -0.39 is 0 Å². The smallest absolute Gasteiger partial charge is 0.127 e. The van der Waals surface area contributed by atoms with Crippen LogP contribution in [0.25, 0.3) is 44.3 Å². The number of fused-ring (bicyclic) bond motifs is 2. The van der Waals surface area contributed by atoms with Crippen molar-refractivity contribution in [3.63, 3.8) is 0 Å². The zero-order chi connectivity index (χ0) is 28.7. The van der Waals surface area contributed by atoms with Crippen LogP contribution in [0.3, 0.4) is 0 Å². The minimum atomic E-state index is 0.482. The summed E-state index contributed by atoms with van der Waals surface area (Å²) in [6.45, 7) is 0. The molecule has 0 unspecified atom stereocenters. The molecule has 0 aliphatic carbocycles. The van der Waals surface area contributed by atoms with E-state index in [4.69, 9.17) is 15.6 Å². The van der Waals surface area contributed by atoms with Gasteiger partial charge in [-0.2, -0.15) is 0 Å². The minimum Gasteiger partial charge on any atom is -0.457 e. The largest absolute Gasteiger partial charge is 0.457 e. The molecule has 0 saturated heterocycles. The second kappa shape index (κ2) is 10.4. The third-order valence-corrected chi connectivity index (χ3v) is 7.25. The van der Waals surface area contributed by atoms with Crippen LogP contribution in [0, 0.1) is 10.8 Å². The topological polar surface area (TPSA) is 95.0 Å². The Bertz CT molecular complexity index is 1750. The van der Waals surface area contributed by atoms with Gasteiger partial charge >= 0.3 is 0 Å². The summed E-state index contributed by atoms with van der Waals surface area (Å²) in [5, 5.41) is 18.7. The number of amidine groups is 2. The number of H-pyrrole nitrogens is 2. The van der Waals surface area contributed by atoms with Crippen LogP contribution in [0.2, 0.25) is 0 Å². The molecule has 7 heteroatoms. The fourth-order valence-corrected chi connectivity index (χ4v) is 4.92. The van der Waals surface area contributed by atoms with Crippen molar-refractivity contribution in [1.29, 1.82) is 10.8 Å². The molecule has 2 aromatic heterocycles. The molecular formula is C34H32N6O. The highest BCUT2D eigenvalue weighted by Crippen LogP contribution is 2.31. The molecule has 7 nitrogen and oxygen atoms in total. The number of benzene rings is 4. The van der Waals surface area contributed by atoms with Gasteiger partial charge in [0.1, 0.15) is 23.2 Å². The summed E-state index contributed by atoms with van der Waals surface area (Å²) < 4.78 is 6.13. The second-order valence-electron chi connectivity index (χ2n) is 10.6. The summed E-state index contributed by atoms with van der Waals surface area (Å²) in [5.41, 5.74) is 7.95. The Morgan fingerprint density at radius 2 is 0.927 bits per heavy atom. The molecule has 0 aliphatic heterocycles. The van der Waals surface area contributed by atoms with Crippen molar-refractivity contribution in [2.24, 2.45) is 0 Å². The normalized spacial score (nSPS) is 11.1. The predicted octanol–water partition coefficient (Wildman–Crippen LogP) is 7.55. The van der Waals surface area contributed by atoms with Crippen molar-refractivity contribution in [1.82, 2.24) is 19.8 Å². The molecular weight excluding hydrogens is 508 g/mol. The van der Waals surface area contributed by atoms with E-state index in [1.54, 1.807) is 9.80 Å². The van der Waals surface area contributed by atoms with Crippen molar-refractivity contribution in [3.05, 3.63) is 108 Å². The van der Waals surface area contributed by atoms with Crippen LogP contribution in [0.4, 0.5) is 0 Å². The summed E-state index contributed by atoms with van der Waals surface area (Å²) in [7, 11) is 7.52. The molecule has 4 N–H and O–H groups in total. The lowest BCUT2D eigenvalue weighted by molar-refractivity contribution is 0.483. The zero-order valence-electron chi connectivity index (χ0n) is 23.5. The molecule has 4 aromatic carbocycles. The number of nitrogens with zero attached hydrogens (tertiary/aromatic N) is 2. The standard InChI is InChI=1S/C34H32N6O/c1-39(2)33(35)25-7-5-23-17-29(37-31(23)19-25)21-9-13-27(14-10-21)41-28-15-11-22(12-16-28)30-18-24-6-8-26(20-32(24)38-30)34(36)40(3)4/h5-20,35-38H,1-4H3. The first-order valence-electron chi connectivity index (χ1n) is 13.4. The Hall–Kier alpha value is -5.30. The third kappa shape index (κ3) is 5.17. The van der Waals surface area contributed by atoms with Gasteiger partial charge in [-0.25, -0.2) is 0 Å². The zero-order valence-corrected chi connectivity index (χ0v) is 23.5. The van der Waals surface area contributed by atoms with Gasteiger partial charge in [0.2, 0.25) is 0 Å². The summed E-state index contributed by atoms with van der Waals surface area (Å²) in [4.78, 5) is 10.6. The highest BCUT2D eigenvalue weighted by molar-refractivity contribution is 6.01. The minimum absolute atomic E-state index is 0.482. The van der Waals surface area contributed by atoms with Crippen molar-refractivity contribution in [3.8, 4) is 34.0 Å². The Morgan fingerprint density at radius 1 is 0.537 bits per heavy atom. The maximum Gasteiger partial charge on any atom is 0.127 e. The first-order valence-corrected chi connectivity index (χ1v) is 13.4. The quantitative estimate of drug-likeness (QED) is 0.130. The van der Waals surface area contributed by atoms with E-state index in [1.807, 2.05) is 113 Å². The third-order valence-electron chi connectivity index (χ3n) is 7.25. The fraction of sp³-hybridized carbons (Fsp3) is 0.118. The number of ether oxygens (including phenoxy) is 1. The van der Waals surface area contributed by atoms with Gasteiger partial charge in [0, 0.05) is 72.5 Å². The van der Waals surface area contributed by atoms with Crippen LogP contribution < -0.4 is 4.74 Å². The monoisotopic (exact) mass is 540 g/mol. The van der Waals surface area contributed by atoms with Crippen molar-refractivity contribution in [2.75, 3.05) is 28.2 Å². The number of rotatable bonds is 6. The van der Waals surface area contributed by atoms with Gasteiger partial charge < -0.3 is 24.5 Å². The van der Waals surface area contributed by atoms with Gasteiger partial charge in [-0.05, 0) is 83.9 Å². The number of hydrogen-bond acceptors (Lipinski definition) is 3. The van der Waals surface area contributed by atoms with Gasteiger partial charge in [-0.3, -0.25) is 10.8 Å². The van der Waals surface area contributed by atoms with E-state index in [0.29, 0.717) is 11.7 Å². The molecule has 0 amide bonds. The number of hydrogen-bond donors (Lipinski definition) is 4.